The van der Waals surface area contributed by atoms with E-state index in [0.29, 0.717) is 11.3 Å². The van der Waals surface area contributed by atoms with Crippen molar-refractivity contribution in [1.82, 2.24) is 10.3 Å². The van der Waals surface area contributed by atoms with E-state index in [0.717, 1.165) is 22.5 Å². The molecule has 7 nitrogen and oxygen atoms in total. The third kappa shape index (κ3) is 5.29. The number of thiazole rings is 1. The van der Waals surface area contributed by atoms with Crippen LogP contribution in [0.2, 0.25) is 0 Å². The molecule has 3 aromatic rings. The molecule has 0 spiro atoms. The van der Waals surface area contributed by atoms with Gasteiger partial charge in [0.15, 0.2) is 0 Å². The van der Waals surface area contributed by atoms with Gasteiger partial charge in [-0.15, -0.1) is 0 Å². The highest BCUT2D eigenvalue weighted by atomic mass is 32.1. The van der Waals surface area contributed by atoms with Gasteiger partial charge in [-0.1, -0.05) is 65.9 Å². The largest absolute Gasteiger partial charge is 0.445 e. The number of nitrogens with one attached hydrogen (secondary N) is 2. The van der Waals surface area contributed by atoms with Crippen molar-refractivity contribution in [2.45, 2.75) is 18.8 Å². The molecule has 8 heteroatoms. The number of aliphatic hydroxyl groups excluding tert-OH is 2. The van der Waals surface area contributed by atoms with E-state index >= 15 is 0 Å². The Hall–Kier alpha value is -2.94. The maximum Gasteiger partial charge on any atom is 0.407 e. The number of rotatable bonds is 7. The van der Waals surface area contributed by atoms with E-state index < -0.39 is 18.3 Å². The first-order chi connectivity index (χ1) is 13.5. The molecule has 4 N–H and O–H groups in total. The molecule has 2 atom stereocenters. The number of aliphatic hydroxyl groups is 2. The molecule has 146 valence electrons. The minimum Gasteiger partial charge on any atom is -0.445 e. The van der Waals surface area contributed by atoms with Crippen LogP contribution in [0, 0.1) is 0 Å². The number of benzene rings is 2. The van der Waals surface area contributed by atoms with Gasteiger partial charge < -0.3 is 25.3 Å². The molecular formula is C20H20N2O5S. The number of hydrogen-bond donors (Lipinski definition) is 4. The van der Waals surface area contributed by atoms with Gasteiger partial charge in [-0.2, -0.15) is 0 Å². The summed E-state index contributed by atoms with van der Waals surface area (Å²) in [5.41, 5.74) is 2.84. The summed E-state index contributed by atoms with van der Waals surface area (Å²) in [6.07, 6.45) is -3.05. The topological polar surface area (TPSA) is 112 Å². The Labute approximate surface area is 165 Å². The van der Waals surface area contributed by atoms with E-state index in [4.69, 9.17) is 4.74 Å². The first-order valence-electron chi connectivity index (χ1n) is 8.62. The zero-order chi connectivity index (χ0) is 19.9. The number of carbonyl (C=O) groups excluding carboxylic acids is 1. The van der Waals surface area contributed by atoms with Gasteiger partial charge in [0.05, 0.1) is 5.69 Å². The molecule has 0 saturated carbocycles. The Balaban J connectivity index is 1.49. The lowest BCUT2D eigenvalue weighted by Gasteiger charge is -2.19. The first-order valence-corrected chi connectivity index (χ1v) is 9.50. The van der Waals surface area contributed by atoms with Crippen molar-refractivity contribution < 1.29 is 19.7 Å². The Kier molecular flexibility index (Phi) is 6.59. The van der Waals surface area contributed by atoms with E-state index in [1.165, 1.54) is 0 Å². The van der Waals surface area contributed by atoms with Gasteiger partial charge in [-0.25, -0.2) is 4.79 Å². The maximum atomic E-state index is 11.7. The highest BCUT2D eigenvalue weighted by Gasteiger charge is 2.19. The van der Waals surface area contributed by atoms with Gasteiger partial charge in [-0.3, -0.25) is 4.79 Å². The fourth-order valence-corrected chi connectivity index (χ4v) is 3.17. The van der Waals surface area contributed by atoms with Gasteiger partial charge in [0.1, 0.15) is 18.8 Å². The number of alkyl carbamates (subject to hydrolysis) is 1. The smallest absolute Gasteiger partial charge is 0.407 e. The van der Waals surface area contributed by atoms with Crippen LogP contribution in [-0.2, 0) is 11.3 Å². The molecule has 0 aliphatic carbocycles. The average Bonchev–Trinajstić information content (AvgIpc) is 3.17. The number of ether oxygens (including phenoxy) is 1. The minimum absolute atomic E-state index is 0.122. The summed E-state index contributed by atoms with van der Waals surface area (Å²) in [6, 6.07) is 16.0. The summed E-state index contributed by atoms with van der Waals surface area (Å²) in [7, 11) is 0. The number of amides is 1. The van der Waals surface area contributed by atoms with Gasteiger partial charge in [-0.05, 0) is 16.7 Å². The van der Waals surface area contributed by atoms with E-state index in [1.54, 1.807) is 29.6 Å². The summed E-state index contributed by atoms with van der Waals surface area (Å²) in [6.45, 7) is -0.0359. The summed E-state index contributed by atoms with van der Waals surface area (Å²) in [4.78, 5) is 25.5. The lowest BCUT2D eigenvalue weighted by atomic mass is 10.0. The lowest BCUT2D eigenvalue weighted by Crippen LogP contribution is -2.35. The van der Waals surface area contributed by atoms with Crippen molar-refractivity contribution >= 4 is 17.4 Å². The highest BCUT2D eigenvalue weighted by Crippen LogP contribution is 2.22. The Morgan fingerprint density at radius 3 is 2.46 bits per heavy atom. The average molecular weight is 400 g/mol. The van der Waals surface area contributed by atoms with Crippen LogP contribution in [0.1, 0.15) is 17.2 Å². The van der Waals surface area contributed by atoms with Gasteiger partial charge in [0.25, 0.3) is 0 Å². The van der Waals surface area contributed by atoms with Crippen LogP contribution in [-0.4, -0.2) is 33.9 Å². The Morgan fingerprint density at radius 2 is 1.82 bits per heavy atom. The van der Waals surface area contributed by atoms with E-state index in [9.17, 15) is 19.8 Å². The summed E-state index contributed by atoms with van der Waals surface area (Å²) >= 11 is 1.07. The number of H-pyrrole nitrogens is 1. The van der Waals surface area contributed by atoms with Crippen LogP contribution in [0.5, 0.6) is 0 Å². The number of carbonyl (C=O) groups is 1. The molecule has 2 unspecified atom stereocenters. The van der Waals surface area contributed by atoms with E-state index in [-0.39, 0.29) is 18.0 Å². The molecule has 1 aromatic heterocycles. The highest BCUT2D eigenvalue weighted by molar-refractivity contribution is 7.07. The van der Waals surface area contributed by atoms with Crippen molar-refractivity contribution in [2.24, 2.45) is 0 Å². The van der Waals surface area contributed by atoms with Gasteiger partial charge in [0, 0.05) is 11.9 Å². The Morgan fingerprint density at radius 1 is 1.11 bits per heavy atom. The molecule has 3 rings (SSSR count). The molecule has 28 heavy (non-hydrogen) atoms. The lowest BCUT2D eigenvalue weighted by molar-refractivity contribution is 0.0184. The number of hydrogen-bond acceptors (Lipinski definition) is 6. The molecule has 1 amide bonds. The second-order valence-corrected chi connectivity index (χ2v) is 6.98. The van der Waals surface area contributed by atoms with Crippen LogP contribution in [0.4, 0.5) is 4.79 Å². The molecule has 2 aromatic carbocycles. The molecule has 0 bridgehead atoms. The van der Waals surface area contributed by atoms with Gasteiger partial charge >= 0.3 is 11.0 Å². The van der Waals surface area contributed by atoms with Crippen LogP contribution in [0.25, 0.3) is 11.3 Å². The predicted molar refractivity (Wildman–Crippen MR) is 106 cm³/mol. The summed E-state index contributed by atoms with van der Waals surface area (Å²) < 4.78 is 5.06. The van der Waals surface area contributed by atoms with Gasteiger partial charge in [0.2, 0.25) is 0 Å². The third-order valence-electron chi connectivity index (χ3n) is 4.12. The summed E-state index contributed by atoms with van der Waals surface area (Å²) in [5, 5.41) is 24.6. The van der Waals surface area contributed by atoms with E-state index in [1.807, 2.05) is 30.3 Å². The fourth-order valence-electron chi connectivity index (χ4n) is 2.58. The fraction of sp³-hybridized carbons (Fsp3) is 0.200. The van der Waals surface area contributed by atoms with Crippen molar-refractivity contribution in [3.8, 4) is 11.3 Å². The van der Waals surface area contributed by atoms with E-state index in [2.05, 4.69) is 10.3 Å². The zero-order valence-electron chi connectivity index (χ0n) is 14.9. The van der Waals surface area contributed by atoms with Crippen LogP contribution < -0.4 is 10.2 Å². The second kappa shape index (κ2) is 9.32. The zero-order valence-corrected chi connectivity index (χ0v) is 15.7. The Bertz CT molecular complexity index is 952. The standard InChI is InChI=1S/C20H20N2O5S/c23-17(10-21-19(25)27-11-13-4-2-1-3-5-13)18(24)15-8-6-14(7-9-15)16-12-28-20(26)22-16/h1-9,12,17-18,23-24H,10-11H2,(H,21,25)(H,22,26). The predicted octanol–water partition coefficient (Wildman–Crippen LogP) is 2.42. The molecule has 0 aliphatic heterocycles. The number of aromatic nitrogens is 1. The molecular weight excluding hydrogens is 380 g/mol. The van der Waals surface area contributed by atoms with Crippen molar-refractivity contribution in [3.63, 3.8) is 0 Å². The molecule has 0 saturated heterocycles. The van der Waals surface area contributed by atoms with Crippen molar-refractivity contribution in [3.05, 3.63) is 80.8 Å². The molecule has 0 radical (unpaired) electrons. The molecule has 0 fully saturated rings. The maximum absolute atomic E-state index is 11.7. The van der Waals surface area contributed by atoms with Crippen LogP contribution in [0.3, 0.4) is 0 Å². The van der Waals surface area contributed by atoms with Crippen LogP contribution in [0.15, 0.2) is 64.8 Å². The molecule has 0 aliphatic rings. The quantitative estimate of drug-likeness (QED) is 0.487. The number of aromatic amines is 1. The van der Waals surface area contributed by atoms with Crippen molar-refractivity contribution in [1.29, 1.82) is 0 Å². The third-order valence-corrected chi connectivity index (χ3v) is 4.79. The SMILES string of the molecule is O=C(NCC(O)C(O)c1ccc(-c2csc(=O)[nH]2)cc1)OCc1ccccc1. The first kappa shape index (κ1) is 19.8. The normalized spacial score (nSPS) is 12.9. The van der Waals surface area contributed by atoms with Crippen LogP contribution >= 0.6 is 11.3 Å². The minimum atomic E-state index is -1.20. The monoisotopic (exact) mass is 400 g/mol. The second-order valence-electron chi connectivity index (χ2n) is 6.14. The van der Waals surface area contributed by atoms with Crippen molar-refractivity contribution in [2.75, 3.05) is 6.54 Å². The summed E-state index contributed by atoms with van der Waals surface area (Å²) in [5.74, 6) is 0. The molecule has 1 heterocycles.